The summed E-state index contributed by atoms with van der Waals surface area (Å²) < 4.78 is 27.6. The molecule has 3 rings (SSSR count). The molecular weight excluding hydrogens is 400 g/mol. The molecule has 0 spiro atoms. The van der Waals surface area contributed by atoms with Gasteiger partial charge in [0, 0.05) is 63.0 Å². The number of nitrogens with zero attached hydrogens (tertiary/aromatic N) is 3. The third kappa shape index (κ3) is 5.58. The van der Waals surface area contributed by atoms with Gasteiger partial charge >= 0.3 is 0 Å². The molecule has 1 atom stereocenters. The molecule has 0 aliphatic carbocycles. The van der Waals surface area contributed by atoms with E-state index in [1.807, 2.05) is 19.1 Å². The van der Waals surface area contributed by atoms with Crippen LogP contribution in [-0.4, -0.2) is 54.9 Å². The number of piperazine rings is 1. The van der Waals surface area contributed by atoms with E-state index in [2.05, 4.69) is 20.1 Å². The van der Waals surface area contributed by atoms with Gasteiger partial charge in [-0.2, -0.15) is 0 Å². The molecule has 1 saturated heterocycles. The minimum Gasteiger partial charge on any atom is -0.366 e. The number of guanidine groups is 1. The quantitative estimate of drug-likeness (QED) is 0.547. The van der Waals surface area contributed by atoms with Crippen molar-refractivity contribution in [1.29, 1.82) is 0 Å². The van der Waals surface area contributed by atoms with E-state index in [4.69, 9.17) is 5.73 Å². The van der Waals surface area contributed by atoms with Crippen LogP contribution in [-0.2, 0) is 6.54 Å². The van der Waals surface area contributed by atoms with Crippen LogP contribution >= 0.6 is 0 Å². The molecule has 0 bridgehead atoms. The van der Waals surface area contributed by atoms with Crippen LogP contribution in [0.1, 0.15) is 40.9 Å². The van der Waals surface area contributed by atoms with Crippen LogP contribution in [0.25, 0.3) is 0 Å². The lowest BCUT2D eigenvalue weighted by atomic mass is 10.0. The number of benzene rings is 2. The van der Waals surface area contributed by atoms with Crippen molar-refractivity contribution in [2.24, 2.45) is 10.7 Å². The van der Waals surface area contributed by atoms with Crippen LogP contribution < -0.4 is 11.1 Å². The summed E-state index contributed by atoms with van der Waals surface area (Å²) in [5.41, 5.74) is 7.31. The number of nitrogens with two attached hydrogens (primary N) is 1. The minimum atomic E-state index is -0.555. The Kier molecular flexibility index (Phi) is 7.57. The summed E-state index contributed by atoms with van der Waals surface area (Å²) in [4.78, 5) is 20.0. The van der Waals surface area contributed by atoms with E-state index in [0.717, 1.165) is 50.2 Å². The average Bonchev–Trinajstić information content (AvgIpc) is 2.77. The summed E-state index contributed by atoms with van der Waals surface area (Å²) in [6.45, 7) is 5.60. The zero-order valence-electron chi connectivity index (χ0n) is 17.9. The van der Waals surface area contributed by atoms with Crippen LogP contribution in [0.15, 0.2) is 47.5 Å². The van der Waals surface area contributed by atoms with E-state index in [9.17, 15) is 13.6 Å². The predicted molar refractivity (Wildman–Crippen MR) is 118 cm³/mol. The number of hydrogen-bond acceptors (Lipinski definition) is 3. The molecule has 1 aliphatic heterocycles. The topological polar surface area (TPSA) is 74.0 Å². The van der Waals surface area contributed by atoms with Crippen molar-refractivity contribution in [3.63, 3.8) is 0 Å². The van der Waals surface area contributed by atoms with E-state index in [1.165, 1.54) is 6.07 Å². The van der Waals surface area contributed by atoms with Crippen molar-refractivity contribution in [1.82, 2.24) is 15.1 Å². The van der Waals surface area contributed by atoms with Gasteiger partial charge in [-0.1, -0.05) is 25.1 Å². The number of carbonyl (C=O) groups is 1. The molecule has 2 aromatic carbocycles. The molecule has 2 aromatic rings. The molecule has 8 heteroatoms. The Hall–Kier alpha value is -3.00. The lowest BCUT2D eigenvalue weighted by Crippen LogP contribution is -2.53. The molecule has 1 heterocycles. The summed E-state index contributed by atoms with van der Waals surface area (Å²) in [7, 11) is 1.74. The van der Waals surface area contributed by atoms with Crippen LogP contribution in [0, 0.1) is 11.6 Å². The van der Waals surface area contributed by atoms with Gasteiger partial charge in [0.1, 0.15) is 11.6 Å². The molecule has 3 N–H and O–H groups in total. The normalized spacial score (nSPS) is 16.3. The van der Waals surface area contributed by atoms with Gasteiger partial charge < -0.3 is 16.0 Å². The van der Waals surface area contributed by atoms with E-state index >= 15 is 0 Å². The number of primary amides is 1. The number of hydrogen-bond donors (Lipinski definition) is 2. The molecule has 0 aromatic heterocycles. The molecule has 6 nitrogen and oxygen atoms in total. The third-order valence-corrected chi connectivity index (χ3v) is 5.66. The maximum atomic E-state index is 14.3. The van der Waals surface area contributed by atoms with Crippen LogP contribution in [0.4, 0.5) is 8.78 Å². The zero-order chi connectivity index (χ0) is 22.4. The van der Waals surface area contributed by atoms with E-state index in [0.29, 0.717) is 17.7 Å². The fraction of sp³-hybridized carbons (Fsp3) is 0.391. The first kappa shape index (κ1) is 22.7. The Balaban J connectivity index is 1.57. The Morgan fingerprint density at radius 1 is 1.13 bits per heavy atom. The van der Waals surface area contributed by atoms with E-state index < -0.39 is 17.5 Å². The number of amides is 1. The smallest absolute Gasteiger partial charge is 0.248 e. The molecule has 1 fully saturated rings. The highest BCUT2D eigenvalue weighted by molar-refractivity contribution is 5.92. The molecule has 166 valence electrons. The summed E-state index contributed by atoms with van der Waals surface area (Å²) in [6, 6.07) is 10.9. The second-order valence-corrected chi connectivity index (χ2v) is 7.57. The largest absolute Gasteiger partial charge is 0.366 e. The van der Waals surface area contributed by atoms with Gasteiger partial charge in [-0.25, -0.2) is 8.78 Å². The Morgan fingerprint density at radius 3 is 2.35 bits per heavy atom. The average molecular weight is 430 g/mol. The maximum Gasteiger partial charge on any atom is 0.248 e. The van der Waals surface area contributed by atoms with Gasteiger partial charge in [0.25, 0.3) is 0 Å². The van der Waals surface area contributed by atoms with Crippen molar-refractivity contribution in [2.75, 3.05) is 33.2 Å². The lowest BCUT2D eigenvalue weighted by molar-refractivity contribution is 0.100. The first-order valence-electron chi connectivity index (χ1n) is 10.5. The third-order valence-electron chi connectivity index (χ3n) is 5.66. The molecule has 1 amide bonds. The molecule has 0 radical (unpaired) electrons. The standard InChI is InChI=1S/C23H29F2N5O/c1-3-21(19-9-8-18(24)14-20(19)25)29-10-12-30(13-11-29)23(27-2)28-15-16-4-6-17(7-5-16)22(26)31/h4-9,14,21H,3,10-13,15H2,1-2H3,(H2,26,31)(H,27,28). The summed E-state index contributed by atoms with van der Waals surface area (Å²) >= 11 is 0. The maximum absolute atomic E-state index is 14.3. The van der Waals surface area contributed by atoms with Crippen molar-refractivity contribution in [3.05, 3.63) is 70.8 Å². The van der Waals surface area contributed by atoms with Crippen molar-refractivity contribution >= 4 is 11.9 Å². The highest BCUT2D eigenvalue weighted by Crippen LogP contribution is 2.28. The second-order valence-electron chi connectivity index (χ2n) is 7.57. The predicted octanol–water partition coefficient (Wildman–Crippen LogP) is 2.91. The molecule has 1 aliphatic rings. The van der Waals surface area contributed by atoms with Gasteiger partial charge in [0.15, 0.2) is 5.96 Å². The van der Waals surface area contributed by atoms with Gasteiger partial charge in [-0.05, 0) is 30.2 Å². The van der Waals surface area contributed by atoms with Gasteiger partial charge in [-0.3, -0.25) is 14.7 Å². The molecule has 0 saturated carbocycles. The first-order chi connectivity index (χ1) is 14.9. The van der Waals surface area contributed by atoms with Crippen molar-refractivity contribution in [2.45, 2.75) is 25.9 Å². The number of halogens is 2. The summed E-state index contributed by atoms with van der Waals surface area (Å²) in [6.07, 6.45) is 0.747. The Labute approximate surface area is 181 Å². The van der Waals surface area contributed by atoms with Crippen LogP contribution in [0.3, 0.4) is 0 Å². The van der Waals surface area contributed by atoms with E-state index in [1.54, 1.807) is 25.2 Å². The second kappa shape index (κ2) is 10.3. The highest BCUT2D eigenvalue weighted by atomic mass is 19.1. The molecular formula is C23H29F2N5O. The molecule has 1 unspecified atom stereocenters. The van der Waals surface area contributed by atoms with Crippen LogP contribution in [0.2, 0.25) is 0 Å². The SMILES string of the molecule is CCC(c1ccc(F)cc1F)N1CCN(C(=NC)NCc2ccc(C(N)=O)cc2)CC1. The van der Waals surface area contributed by atoms with E-state index in [-0.39, 0.29) is 6.04 Å². The van der Waals surface area contributed by atoms with Gasteiger partial charge in [0.2, 0.25) is 5.91 Å². The number of rotatable bonds is 6. The van der Waals surface area contributed by atoms with Crippen LogP contribution in [0.5, 0.6) is 0 Å². The first-order valence-corrected chi connectivity index (χ1v) is 10.5. The lowest BCUT2D eigenvalue weighted by Gasteiger charge is -2.40. The highest BCUT2D eigenvalue weighted by Gasteiger charge is 2.27. The summed E-state index contributed by atoms with van der Waals surface area (Å²) in [5.74, 6) is -0.701. The number of aliphatic imine (C=N–C) groups is 1. The summed E-state index contributed by atoms with van der Waals surface area (Å²) in [5, 5.41) is 3.35. The zero-order valence-corrected chi connectivity index (χ0v) is 17.9. The monoisotopic (exact) mass is 429 g/mol. The fourth-order valence-corrected chi connectivity index (χ4v) is 3.99. The fourth-order valence-electron chi connectivity index (χ4n) is 3.99. The number of carbonyl (C=O) groups excluding carboxylic acids is 1. The van der Waals surface area contributed by atoms with Crippen molar-refractivity contribution in [3.8, 4) is 0 Å². The van der Waals surface area contributed by atoms with Gasteiger partial charge in [-0.15, -0.1) is 0 Å². The molecule has 31 heavy (non-hydrogen) atoms. The Bertz CT molecular complexity index is 924. The Morgan fingerprint density at radius 2 is 1.81 bits per heavy atom. The minimum absolute atomic E-state index is 0.0819. The number of nitrogens with one attached hydrogen (secondary N) is 1. The van der Waals surface area contributed by atoms with Crippen molar-refractivity contribution < 1.29 is 13.6 Å². The van der Waals surface area contributed by atoms with Gasteiger partial charge in [0.05, 0.1) is 0 Å².